The number of hydrogen-bond donors (Lipinski definition) is 1. The van der Waals surface area contributed by atoms with Gasteiger partial charge in [-0.15, -0.1) is 12.4 Å². The molecule has 0 bridgehead atoms. The molecule has 0 amide bonds. The summed E-state index contributed by atoms with van der Waals surface area (Å²) in [6, 6.07) is 15.9. The van der Waals surface area contributed by atoms with Crippen LogP contribution in [0.4, 0.5) is 0 Å². The molecule has 108 valence electrons. The molecule has 0 fully saturated rings. The quantitative estimate of drug-likeness (QED) is 0.813. The van der Waals surface area contributed by atoms with Gasteiger partial charge in [0.05, 0.1) is 0 Å². The molecule has 0 spiro atoms. The highest BCUT2D eigenvalue weighted by molar-refractivity contribution is 6.30. The molecule has 0 aliphatic rings. The lowest BCUT2D eigenvalue weighted by molar-refractivity contribution is 0.584. The first-order valence-electron chi connectivity index (χ1n) is 6.33. The summed E-state index contributed by atoms with van der Waals surface area (Å²) in [5, 5.41) is 1.51. The van der Waals surface area contributed by atoms with Crippen molar-refractivity contribution in [1.29, 1.82) is 0 Å². The largest absolute Gasteiger partial charge is 0.330 e. The lowest BCUT2D eigenvalue weighted by Gasteiger charge is -2.23. The molecule has 0 heterocycles. The second-order valence-electron chi connectivity index (χ2n) is 4.73. The highest BCUT2D eigenvalue weighted by Crippen LogP contribution is 2.32. The van der Waals surface area contributed by atoms with Gasteiger partial charge in [-0.05, 0) is 47.9 Å². The Labute approximate surface area is 136 Å². The molecular weight excluding hydrogens is 313 g/mol. The monoisotopic (exact) mass is 329 g/mol. The van der Waals surface area contributed by atoms with Gasteiger partial charge in [0.2, 0.25) is 0 Å². The highest BCUT2D eigenvalue weighted by Gasteiger charge is 2.19. The lowest BCUT2D eigenvalue weighted by Crippen LogP contribution is -2.18. The van der Waals surface area contributed by atoms with Crippen LogP contribution in [0.1, 0.15) is 29.9 Å². The van der Waals surface area contributed by atoms with Crippen LogP contribution in [0, 0.1) is 0 Å². The zero-order valence-corrected chi connectivity index (χ0v) is 13.6. The van der Waals surface area contributed by atoms with Crippen molar-refractivity contribution in [2.45, 2.75) is 18.8 Å². The predicted molar refractivity (Wildman–Crippen MR) is 90.4 cm³/mol. The van der Waals surface area contributed by atoms with Gasteiger partial charge in [-0.25, -0.2) is 0 Å². The van der Waals surface area contributed by atoms with Gasteiger partial charge in [0.15, 0.2) is 0 Å². The predicted octanol–water partition coefficient (Wildman–Crippen LogP) is 5.26. The molecule has 0 aliphatic carbocycles. The highest BCUT2D eigenvalue weighted by atomic mass is 35.5. The van der Waals surface area contributed by atoms with Crippen molar-refractivity contribution in [3.05, 3.63) is 69.7 Å². The van der Waals surface area contributed by atoms with Crippen LogP contribution in [0.15, 0.2) is 48.5 Å². The molecule has 0 saturated heterocycles. The molecular formula is C16H18Cl3N. The first kappa shape index (κ1) is 17.3. The Bertz CT molecular complexity index is 522. The van der Waals surface area contributed by atoms with Crippen LogP contribution in [-0.2, 0) is 0 Å². The van der Waals surface area contributed by atoms with Crippen molar-refractivity contribution in [3.8, 4) is 0 Å². The van der Waals surface area contributed by atoms with Crippen LogP contribution in [0.5, 0.6) is 0 Å². The molecule has 2 unspecified atom stereocenters. The van der Waals surface area contributed by atoms with Gasteiger partial charge in [0.1, 0.15) is 0 Å². The molecule has 2 aromatic carbocycles. The molecule has 1 nitrogen and oxygen atoms in total. The van der Waals surface area contributed by atoms with Crippen LogP contribution >= 0.6 is 35.6 Å². The van der Waals surface area contributed by atoms with E-state index in [0.29, 0.717) is 12.5 Å². The Morgan fingerprint density at radius 2 is 1.25 bits per heavy atom. The van der Waals surface area contributed by atoms with Crippen LogP contribution in [-0.4, -0.2) is 6.54 Å². The van der Waals surface area contributed by atoms with E-state index in [4.69, 9.17) is 28.9 Å². The lowest BCUT2D eigenvalue weighted by atomic mass is 9.83. The summed E-state index contributed by atoms with van der Waals surface area (Å²) in [5.74, 6) is 0.613. The maximum atomic E-state index is 5.95. The summed E-state index contributed by atoms with van der Waals surface area (Å²) in [6.45, 7) is 2.79. The Kier molecular flexibility index (Phi) is 6.84. The van der Waals surface area contributed by atoms with Crippen molar-refractivity contribution < 1.29 is 0 Å². The molecule has 2 rings (SSSR count). The van der Waals surface area contributed by atoms with Crippen molar-refractivity contribution in [1.82, 2.24) is 0 Å². The van der Waals surface area contributed by atoms with E-state index in [-0.39, 0.29) is 18.3 Å². The fourth-order valence-corrected chi connectivity index (χ4v) is 2.59. The first-order chi connectivity index (χ1) is 9.11. The van der Waals surface area contributed by atoms with Crippen molar-refractivity contribution in [2.75, 3.05) is 6.54 Å². The van der Waals surface area contributed by atoms with Crippen molar-refractivity contribution in [2.24, 2.45) is 5.73 Å². The minimum Gasteiger partial charge on any atom is -0.330 e. The van der Waals surface area contributed by atoms with Gasteiger partial charge in [-0.2, -0.15) is 0 Å². The number of nitrogens with two attached hydrogens (primary N) is 1. The molecule has 4 heteroatoms. The maximum Gasteiger partial charge on any atom is 0.0406 e. The third kappa shape index (κ3) is 4.13. The molecule has 20 heavy (non-hydrogen) atoms. The summed E-state index contributed by atoms with van der Waals surface area (Å²) in [6.07, 6.45) is 0. The van der Waals surface area contributed by atoms with Crippen molar-refractivity contribution in [3.63, 3.8) is 0 Å². The van der Waals surface area contributed by atoms with Crippen molar-refractivity contribution >= 4 is 35.6 Å². The zero-order valence-electron chi connectivity index (χ0n) is 11.2. The number of hydrogen-bond acceptors (Lipinski definition) is 1. The van der Waals surface area contributed by atoms with Crippen LogP contribution in [0.3, 0.4) is 0 Å². The summed E-state index contributed by atoms with van der Waals surface area (Å²) in [5.41, 5.74) is 8.41. The maximum absolute atomic E-state index is 5.95. The Hall–Kier alpha value is -0.730. The summed E-state index contributed by atoms with van der Waals surface area (Å²) < 4.78 is 0. The van der Waals surface area contributed by atoms with E-state index in [1.54, 1.807) is 0 Å². The molecule has 0 radical (unpaired) electrons. The van der Waals surface area contributed by atoms with Gasteiger partial charge in [0, 0.05) is 16.0 Å². The average Bonchev–Trinajstić information content (AvgIpc) is 2.42. The molecule has 2 atom stereocenters. The number of rotatable bonds is 4. The number of halogens is 3. The van der Waals surface area contributed by atoms with Crippen LogP contribution in [0.2, 0.25) is 10.0 Å². The topological polar surface area (TPSA) is 26.0 Å². The van der Waals surface area contributed by atoms with E-state index in [2.05, 4.69) is 19.1 Å². The molecule has 0 aromatic heterocycles. The Balaban J connectivity index is 0.00000200. The number of benzene rings is 2. The fraction of sp³-hybridized carbons (Fsp3) is 0.250. The zero-order chi connectivity index (χ0) is 13.8. The molecule has 0 saturated carbocycles. The van der Waals surface area contributed by atoms with E-state index in [0.717, 1.165) is 10.0 Å². The standard InChI is InChI=1S/C16H17Cl2N.ClH/c1-11(12-2-6-14(17)7-3-12)16(10-19)13-4-8-15(18)9-5-13;/h2-9,11,16H,10,19H2,1H3;1H. The third-order valence-electron chi connectivity index (χ3n) is 3.55. The fourth-order valence-electron chi connectivity index (χ4n) is 2.34. The Morgan fingerprint density at radius 1 is 0.850 bits per heavy atom. The van der Waals surface area contributed by atoms with Gasteiger partial charge in [-0.3, -0.25) is 0 Å². The molecule has 0 aliphatic heterocycles. The minimum absolute atomic E-state index is 0. The molecule has 2 aromatic rings. The van der Waals surface area contributed by atoms with E-state index >= 15 is 0 Å². The van der Waals surface area contributed by atoms with E-state index in [1.807, 2.05) is 36.4 Å². The molecule has 2 N–H and O–H groups in total. The van der Waals surface area contributed by atoms with E-state index in [1.165, 1.54) is 11.1 Å². The Morgan fingerprint density at radius 3 is 1.65 bits per heavy atom. The van der Waals surface area contributed by atoms with E-state index < -0.39 is 0 Å². The summed E-state index contributed by atoms with van der Waals surface area (Å²) >= 11 is 11.9. The van der Waals surface area contributed by atoms with Gasteiger partial charge in [-0.1, -0.05) is 54.4 Å². The van der Waals surface area contributed by atoms with Crippen LogP contribution < -0.4 is 5.73 Å². The third-order valence-corrected chi connectivity index (χ3v) is 4.06. The van der Waals surface area contributed by atoms with E-state index in [9.17, 15) is 0 Å². The SMILES string of the molecule is CC(c1ccc(Cl)cc1)C(CN)c1ccc(Cl)cc1.Cl. The minimum atomic E-state index is 0. The summed E-state index contributed by atoms with van der Waals surface area (Å²) in [4.78, 5) is 0. The second-order valence-corrected chi connectivity index (χ2v) is 5.61. The van der Waals surface area contributed by atoms with Gasteiger partial charge < -0.3 is 5.73 Å². The first-order valence-corrected chi connectivity index (χ1v) is 7.08. The smallest absolute Gasteiger partial charge is 0.0406 e. The van der Waals surface area contributed by atoms with Crippen LogP contribution in [0.25, 0.3) is 0 Å². The van der Waals surface area contributed by atoms with Gasteiger partial charge in [0.25, 0.3) is 0 Å². The normalized spacial score (nSPS) is 13.4. The average molecular weight is 331 g/mol. The second kappa shape index (κ2) is 7.90. The van der Waals surface area contributed by atoms with Gasteiger partial charge >= 0.3 is 0 Å². The summed E-state index contributed by atoms with van der Waals surface area (Å²) in [7, 11) is 0.